The molecule has 1 N–H and O–H groups in total. The number of hydrogen-bond acceptors (Lipinski definition) is 4. The highest BCUT2D eigenvalue weighted by Crippen LogP contribution is 2.31. The minimum Gasteiger partial charge on any atom is -0.493 e. The van der Waals surface area contributed by atoms with Crippen molar-refractivity contribution in [3.05, 3.63) is 48.0 Å². The molecule has 1 atom stereocenters. The number of nitrogens with one attached hydrogen (secondary N) is 1. The van der Waals surface area contributed by atoms with Crippen molar-refractivity contribution in [1.29, 1.82) is 0 Å². The molecule has 1 aliphatic rings. The molecule has 4 heteroatoms. The highest BCUT2D eigenvalue weighted by molar-refractivity contribution is 5.55. The highest BCUT2D eigenvalue weighted by Gasteiger charge is 2.21. The molecule has 0 radical (unpaired) electrons. The number of ether oxygens (including phenoxy) is 3. The lowest BCUT2D eigenvalue weighted by Gasteiger charge is -2.14. The summed E-state index contributed by atoms with van der Waals surface area (Å²) >= 11 is 0. The van der Waals surface area contributed by atoms with Crippen LogP contribution in [0.5, 0.6) is 17.2 Å². The van der Waals surface area contributed by atoms with Crippen LogP contribution in [0, 0.1) is 0 Å². The molecule has 1 unspecified atom stereocenters. The number of methoxy groups -OCH3 is 2. The molecule has 0 fully saturated rings. The lowest BCUT2D eigenvalue weighted by atomic mass is 10.1. The summed E-state index contributed by atoms with van der Waals surface area (Å²) in [5.74, 6) is 2.45. The normalized spacial score (nSPS) is 16.0. The molecule has 110 valence electrons. The summed E-state index contributed by atoms with van der Waals surface area (Å²) in [6, 6.07) is 14.0. The van der Waals surface area contributed by atoms with E-state index in [9.17, 15) is 0 Å². The Hall–Kier alpha value is -2.36. The van der Waals surface area contributed by atoms with Crippen LogP contribution < -0.4 is 19.5 Å². The Kier molecular flexibility index (Phi) is 3.86. The molecule has 0 aliphatic carbocycles. The van der Waals surface area contributed by atoms with E-state index in [0.717, 1.165) is 35.9 Å². The first-order valence-corrected chi connectivity index (χ1v) is 7.00. The zero-order valence-electron chi connectivity index (χ0n) is 12.3. The van der Waals surface area contributed by atoms with E-state index in [1.54, 1.807) is 14.2 Å². The highest BCUT2D eigenvalue weighted by atomic mass is 16.5. The largest absolute Gasteiger partial charge is 0.493 e. The number of benzene rings is 2. The van der Waals surface area contributed by atoms with Crippen LogP contribution in [0.4, 0.5) is 5.69 Å². The second-order valence-corrected chi connectivity index (χ2v) is 5.00. The van der Waals surface area contributed by atoms with Crippen LogP contribution in [0.2, 0.25) is 0 Å². The molecule has 4 nitrogen and oxygen atoms in total. The van der Waals surface area contributed by atoms with Crippen molar-refractivity contribution in [2.75, 3.05) is 26.1 Å². The van der Waals surface area contributed by atoms with E-state index < -0.39 is 0 Å². The van der Waals surface area contributed by atoms with Gasteiger partial charge in [-0.05, 0) is 23.8 Å². The monoisotopic (exact) mass is 285 g/mol. The summed E-state index contributed by atoms with van der Waals surface area (Å²) in [4.78, 5) is 0. The predicted molar refractivity (Wildman–Crippen MR) is 82.6 cm³/mol. The molecule has 1 heterocycles. The molecular weight excluding hydrogens is 266 g/mol. The van der Waals surface area contributed by atoms with Crippen molar-refractivity contribution < 1.29 is 14.2 Å². The molecule has 1 aliphatic heterocycles. The molecule has 0 saturated carbocycles. The third-order valence-electron chi connectivity index (χ3n) is 3.63. The first-order valence-electron chi connectivity index (χ1n) is 7.00. The van der Waals surface area contributed by atoms with Crippen LogP contribution in [-0.4, -0.2) is 26.9 Å². The molecule has 3 rings (SSSR count). The Balaban J connectivity index is 1.62. The maximum absolute atomic E-state index is 5.91. The van der Waals surface area contributed by atoms with Gasteiger partial charge in [-0.2, -0.15) is 0 Å². The molecule has 0 amide bonds. The first kappa shape index (κ1) is 13.6. The molecule has 21 heavy (non-hydrogen) atoms. The fourth-order valence-corrected chi connectivity index (χ4v) is 2.55. The fourth-order valence-electron chi connectivity index (χ4n) is 2.55. The third kappa shape index (κ3) is 2.89. The first-order chi connectivity index (χ1) is 10.3. The molecule has 0 aromatic heterocycles. The lowest BCUT2D eigenvalue weighted by Crippen LogP contribution is -2.23. The number of para-hydroxylation sites is 1. The van der Waals surface area contributed by atoms with Gasteiger partial charge >= 0.3 is 0 Å². The van der Waals surface area contributed by atoms with E-state index >= 15 is 0 Å². The number of hydrogen-bond donors (Lipinski definition) is 1. The molecule has 2 aromatic carbocycles. The Morgan fingerprint density at radius 2 is 1.90 bits per heavy atom. The van der Waals surface area contributed by atoms with Gasteiger partial charge in [0.15, 0.2) is 11.5 Å². The molecule has 0 spiro atoms. The van der Waals surface area contributed by atoms with Crippen LogP contribution in [0.3, 0.4) is 0 Å². The van der Waals surface area contributed by atoms with Gasteiger partial charge in [0.1, 0.15) is 11.9 Å². The molecule has 0 bridgehead atoms. The molecule has 2 aromatic rings. The van der Waals surface area contributed by atoms with E-state index in [4.69, 9.17) is 14.2 Å². The van der Waals surface area contributed by atoms with Crippen LogP contribution in [0.1, 0.15) is 5.56 Å². The number of rotatable bonds is 5. The predicted octanol–water partition coefficient (Wildman–Crippen LogP) is 3.12. The minimum atomic E-state index is 0.162. The topological polar surface area (TPSA) is 39.7 Å². The van der Waals surface area contributed by atoms with E-state index in [2.05, 4.69) is 11.4 Å². The second-order valence-electron chi connectivity index (χ2n) is 5.00. The van der Waals surface area contributed by atoms with Crippen LogP contribution >= 0.6 is 0 Å². The van der Waals surface area contributed by atoms with Crippen LogP contribution in [-0.2, 0) is 6.42 Å². The van der Waals surface area contributed by atoms with Gasteiger partial charge < -0.3 is 19.5 Å². The summed E-state index contributed by atoms with van der Waals surface area (Å²) < 4.78 is 16.4. The van der Waals surface area contributed by atoms with Crippen LogP contribution in [0.15, 0.2) is 42.5 Å². The summed E-state index contributed by atoms with van der Waals surface area (Å²) in [6.07, 6.45) is 1.10. The van der Waals surface area contributed by atoms with Crippen molar-refractivity contribution in [2.45, 2.75) is 12.5 Å². The average molecular weight is 285 g/mol. The Morgan fingerprint density at radius 3 is 2.67 bits per heavy atom. The van der Waals surface area contributed by atoms with Crippen molar-refractivity contribution in [3.63, 3.8) is 0 Å². The van der Waals surface area contributed by atoms with Gasteiger partial charge in [-0.3, -0.25) is 0 Å². The maximum atomic E-state index is 5.91. The maximum Gasteiger partial charge on any atom is 0.162 e. The standard InChI is InChI=1S/C17H19NO3/c1-19-16-8-7-13(10-17(16)20-2)18-11-14-9-12-5-3-4-6-15(12)21-14/h3-8,10,14,18H,9,11H2,1-2H3. The Morgan fingerprint density at radius 1 is 1.10 bits per heavy atom. The smallest absolute Gasteiger partial charge is 0.162 e. The summed E-state index contributed by atoms with van der Waals surface area (Å²) in [6.45, 7) is 0.754. The van der Waals surface area contributed by atoms with E-state index in [1.165, 1.54) is 5.56 Å². The van der Waals surface area contributed by atoms with Gasteiger partial charge in [0.2, 0.25) is 0 Å². The van der Waals surface area contributed by atoms with Crippen molar-refractivity contribution in [3.8, 4) is 17.2 Å². The SMILES string of the molecule is COc1ccc(NCC2Cc3ccccc3O2)cc1OC. The Labute approximate surface area is 124 Å². The van der Waals surface area contributed by atoms with Crippen molar-refractivity contribution in [2.24, 2.45) is 0 Å². The Bertz CT molecular complexity index is 602. The number of fused-ring (bicyclic) bond motifs is 1. The van der Waals surface area contributed by atoms with Crippen LogP contribution in [0.25, 0.3) is 0 Å². The van der Waals surface area contributed by atoms with Gasteiger partial charge in [0.05, 0.1) is 20.8 Å². The quantitative estimate of drug-likeness (QED) is 0.916. The lowest BCUT2D eigenvalue weighted by molar-refractivity contribution is 0.246. The molecule has 0 saturated heterocycles. The van der Waals surface area contributed by atoms with Gasteiger partial charge in [-0.1, -0.05) is 18.2 Å². The van der Waals surface area contributed by atoms with Gasteiger partial charge in [0.25, 0.3) is 0 Å². The van der Waals surface area contributed by atoms with E-state index in [0.29, 0.717) is 0 Å². The zero-order chi connectivity index (χ0) is 14.7. The summed E-state index contributed by atoms with van der Waals surface area (Å²) in [5, 5.41) is 3.39. The summed E-state index contributed by atoms with van der Waals surface area (Å²) in [5.41, 5.74) is 2.27. The molecular formula is C17H19NO3. The second kappa shape index (κ2) is 5.95. The van der Waals surface area contributed by atoms with Gasteiger partial charge in [-0.15, -0.1) is 0 Å². The van der Waals surface area contributed by atoms with Crippen molar-refractivity contribution >= 4 is 5.69 Å². The van der Waals surface area contributed by atoms with E-state index in [1.807, 2.05) is 36.4 Å². The van der Waals surface area contributed by atoms with E-state index in [-0.39, 0.29) is 6.10 Å². The third-order valence-corrected chi connectivity index (χ3v) is 3.63. The van der Waals surface area contributed by atoms with Gasteiger partial charge in [0, 0.05) is 18.2 Å². The zero-order valence-corrected chi connectivity index (χ0v) is 12.3. The van der Waals surface area contributed by atoms with Crippen molar-refractivity contribution in [1.82, 2.24) is 0 Å². The average Bonchev–Trinajstić information content (AvgIpc) is 2.95. The minimum absolute atomic E-state index is 0.162. The van der Waals surface area contributed by atoms with Gasteiger partial charge in [-0.25, -0.2) is 0 Å². The fraction of sp³-hybridized carbons (Fsp3) is 0.294. The summed E-state index contributed by atoms with van der Waals surface area (Å²) in [7, 11) is 3.27. The number of anilines is 1.